The van der Waals surface area contributed by atoms with Crippen molar-refractivity contribution in [3.05, 3.63) is 42.5 Å². The first kappa shape index (κ1) is 18.9. The molecule has 22 heavy (non-hydrogen) atoms. The molecule has 0 saturated carbocycles. The lowest BCUT2D eigenvalue weighted by molar-refractivity contribution is 0.465. The van der Waals surface area contributed by atoms with E-state index in [1.807, 2.05) is 44.2 Å². The normalized spacial score (nSPS) is 13.1. The topological polar surface area (TPSA) is 72.2 Å². The molecule has 2 rings (SSSR count). The van der Waals surface area contributed by atoms with E-state index in [1.165, 1.54) is 0 Å². The summed E-state index contributed by atoms with van der Waals surface area (Å²) in [5.41, 5.74) is 5.67. The Kier molecular flexibility index (Phi) is 6.81. The van der Waals surface area contributed by atoms with Gasteiger partial charge in [0, 0.05) is 12.6 Å². The van der Waals surface area contributed by atoms with E-state index in [2.05, 4.69) is 4.72 Å². The fourth-order valence-corrected chi connectivity index (χ4v) is 3.68. The smallest absolute Gasteiger partial charge is 0.240 e. The summed E-state index contributed by atoms with van der Waals surface area (Å²) >= 11 is 0. The van der Waals surface area contributed by atoms with E-state index in [1.54, 1.807) is 12.1 Å². The summed E-state index contributed by atoms with van der Waals surface area (Å²) in [5, 5.41) is 1.93. The van der Waals surface area contributed by atoms with Gasteiger partial charge >= 0.3 is 0 Å². The minimum absolute atomic E-state index is 0. The largest absolute Gasteiger partial charge is 0.329 e. The molecule has 0 amide bonds. The molecule has 0 aliphatic rings. The first-order valence-electron chi connectivity index (χ1n) is 7.13. The molecular formula is C16H23ClN2O2S. The average Bonchev–Trinajstić information content (AvgIpc) is 2.45. The highest BCUT2D eigenvalue weighted by molar-refractivity contribution is 7.89. The molecule has 0 saturated heterocycles. The molecule has 0 aromatic heterocycles. The number of fused-ring (bicyclic) bond motifs is 1. The second-order valence-electron chi connectivity index (χ2n) is 5.69. The molecular weight excluding hydrogens is 320 g/mol. The van der Waals surface area contributed by atoms with Crippen molar-refractivity contribution in [2.75, 3.05) is 6.54 Å². The Morgan fingerprint density at radius 1 is 1.09 bits per heavy atom. The molecule has 0 spiro atoms. The van der Waals surface area contributed by atoms with Crippen LogP contribution in [0.1, 0.15) is 20.3 Å². The van der Waals surface area contributed by atoms with Crippen molar-refractivity contribution in [2.45, 2.75) is 31.2 Å². The summed E-state index contributed by atoms with van der Waals surface area (Å²) in [5.74, 6) is 0.387. The van der Waals surface area contributed by atoms with E-state index in [0.717, 1.165) is 17.2 Å². The maximum absolute atomic E-state index is 12.5. The first-order valence-corrected chi connectivity index (χ1v) is 8.62. The molecule has 0 heterocycles. The van der Waals surface area contributed by atoms with E-state index in [0.29, 0.717) is 12.5 Å². The molecule has 3 N–H and O–H groups in total. The Balaban J connectivity index is 0.00000242. The van der Waals surface area contributed by atoms with Crippen LogP contribution in [0.4, 0.5) is 0 Å². The fraction of sp³-hybridized carbons (Fsp3) is 0.375. The van der Waals surface area contributed by atoms with Gasteiger partial charge in [-0.05, 0) is 35.2 Å². The summed E-state index contributed by atoms with van der Waals surface area (Å²) in [6.07, 6.45) is 0.726. The predicted octanol–water partition coefficient (Wildman–Crippen LogP) is 2.91. The van der Waals surface area contributed by atoms with Crippen LogP contribution < -0.4 is 10.5 Å². The molecule has 0 aliphatic heterocycles. The second-order valence-corrected chi connectivity index (χ2v) is 7.41. The molecule has 0 aliphatic carbocycles. The quantitative estimate of drug-likeness (QED) is 0.847. The van der Waals surface area contributed by atoms with Gasteiger partial charge in [-0.3, -0.25) is 0 Å². The lowest BCUT2D eigenvalue weighted by Gasteiger charge is -2.19. The van der Waals surface area contributed by atoms with Gasteiger partial charge in [0.2, 0.25) is 10.0 Å². The van der Waals surface area contributed by atoms with Gasteiger partial charge in [-0.25, -0.2) is 13.1 Å². The zero-order valence-electron chi connectivity index (χ0n) is 12.8. The Morgan fingerprint density at radius 2 is 1.73 bits per heavy atom. The van der Waals surface area contributed by atoms with Crippen molar-refractivity contribution in [3.8, 4) is 0 Å². The van der Waals surface area contributed by atoms with Crippen molar-refractivity contribution in [1.29, 1.82) is 0 Å². The number of benzene rings is 2. The summed E-state index contributed by atoms with van der Waals surface area (Å²) in [6, 6.07) is 12.6. The van der Waals surface area contributed by atoms with E-state index < -0.39 is 10.0 Å². The lowest BCUT2D eigenvalue weighted by Crippen LogP contribution is -2.40. The number of nitrogens with one attached hydrogen (secondary N) is 1. The molecule has 4 nitrogen and oxygen atoms in total. The van der Waals surface area contributed by atoms with E-state index >= 15 is 0 Å². The number of sulfonamides is 1. The highest BCUT2D eigenvalue weighted by Gasteiger charge is 2.20. The van der Waals surface area contributed by atoms with E-state index in [4.69, 9.17) is 5.73 Å². The Bertz CT molecular complexity index is 717. The predicted molar refractivity (Wildman–Crippen MR) is 93.8 cm³/mol. The minimum atomic E-state index is -3.54. The third kappa shape index (κ3) is 4.68. The molecule has 0 fully saturated rings. The molecule has 2 aromatic carbocycles. The highest BCUT2D eigenvalue weighted by atomic mass is 35.5. The summed E-state index contributed by atoms with van der Waals surface area (Å²) in [6.45, 7) is 4.39. The maximum atomic E-state index is 12.5. The Hall–Kier alpha value is -1.14. The van der Waals surface area contributed by atoms with Crippen molar-refractivity contribution >= 4 is 33.2 Å². The molecule has 0 radical (unpaired) electrons. The molecule has 1 atom stereocenters. The van der Waals surface area contributed by atoms with Gasteiger partial charge in [-0.15, -0.1) is 12.4 Å². The minimum Gasteiger partial charge on any atom is -0.329 e. The van der Waals surface area contributed by atoms with Gasteiger partial charge in [0.05, 0.1) is 4.90 Å². The van der Waals surface area contributed by atoms with Crippen LogP contribution >= 0.6 is 12.4 Å². The fourth-order valence-electron chi connectivity index (χ4n) is 2.38. The van der Waals surface area contributed by atoms with Crippen LogP contribution in [0.15, 0.2) is 47.4 Å². The van der Waals surface area contributed by atoms with Gasteiger partial charge in [0.1, 0.15) is 0 Å². The third-order valence-electron chi connectivity index (χ3n) is 3.39. The highest BCUT2D eigenvalue weighted by Crippen LogP contribution is 2.19. The third-order valence-corrected chi connectivity index (χ3v) is 4.91. The number of halogens is 1. The SMILES string of the molecule is CC(C)CC(CN)NS(=O)(=O)c1ccc2ccccc2c1.Cl. The zero-order chi connectivity index (χ0) is 15.5. The average molecular weight is 343 g/mol. The molecule has 0 bridgehead atoms. The van der Waals surface area contributed by atoms with Crippen LogP contribution in [0.5, 0.6) is 0 Å². The molecule has 122 valence electrons. The van der Waals surface area contributed by atoms with Crippen LogP contribution in [-0.2, 0) is 10.0 Å². The number of hydrogen-bond acceptors (Lipinski definition) is 3. The summed E-state index contributed by atoms with van der Waals surface area (Å²) in [4.78, 5) is 0.281. The summed E-state index contributed by atoms with van der Waals surface area (Å²) in [7, 11) is -3.54. The standard InChI is InChI=1S/C16H22N2O2S.ClH/c1-12(2)9-15(11-17)18-21(19,20)16-8-7-13-5-3-4-6-14(13)10-16;/h3-8,10,12,15,18H,9,11,17H2,1-2H3;1H. The van der Waals surface area contributed by atoms with Crippen LogP contribution in [0.3, 0.4) is 0 Å². The van der Waals surface area contributed by atoms with Gasteiger partial charge in [0.15, 0.2) is 0 Å². The number of rotatable bonds is 6. The molecule has 6 heteroatoms. The van der Waals surface area contributed by atoms with Crippen LogP contribution in [0.25, 0.3) is 10.8 Å². The maximum Gasteiger partial charge on any atom is 0.240 e. The van der Waals surface area contributed by atoms with E-state index in [9.17, 15) is 8.42 Å². The van der Waals surface area contributed by atoms with Crippen molar-refractivity contribution in [1.82, 2.24) is 4.72 Å². The van der Waals surface area contributed by atoms with Crippen LogP contribution in [-0.4, -0.2) is 21.0 Å². The Morgan fingerprint density at radius 3 is 2.32 bits per heavy atom. The number of nitrogens with two attached hydrogens (primary N) is 1. The van der Waals surface area contributed by atoms with Crippen molar-refractivity contribution < 1.29 is 8.42 Å². The first-order chi connectivity index (χ1) is 9.92. The molecule has 2 aromatic rings. The van der Waals surface area contributed by atoms with Gasteiger partial charge in [-0.1, -0.05) is 44.2 Å². The second kappa shape index (κ2) is 7.92. The van der Waals surface area contributed by atoms with Crippen molar-refractivity contribution in [3.63, 3.8) is 0 Å². The van der Waals surface area contributed by atoms with Gasteiger partial charge in [0.25, 0.3) is 0 Å². The van der Waals surface area contributed by atoms with Gasteiger partial charge in [-0.2, -0.15) is 0 Å². The molecule has 1 unspecified atom stereocenters. The van der Waals surface area contributed by atoms with Crippen molar-refractivity contribution in [2.24, 2.45) is 11.7 Å². The van der Waals surface area contributed by atoms with Gasteiger partial charge < -0.3 is 5.73 Å². The lowest BCUT2D eigenvalue weighted by atomic mass is 10.1. The van der Waals surface area contributed by atoms with Crippen LogP contribution in [0, 0.1) is 5.92 Å². The summed E-state index contributed by atoms with van der Waals surface area (Å²) < 4.78 is 27.6. The number of hydrogen-bond donors (Lipinski definition) is 2. The Labute approximate surface area is 138 Å². The van der Waals surface area contributed by atoms with Crippen LogP contribution in [0.2, 0.25) is 0 Å². The zero-order valence-corrected chi connectivity index (χ0v) is 14.5. The van der Waals surface area contributed by atoms with E-state index in [-0.39, 0.29) is 23.3 Å². The monoisotopic (exact) mass is 342 g/mol.